The second-order valence-corrected chi connectivity index (χ2v) is 8.02. The van der Waals surface area contributed by atoms with Gasteiger partial charge in [-0.1, -0.05) is 49.7 Å². The van der Waals surface area contributed by atoms with Gasteiger partial charge in [-0.15, -0.1) is 11.3 Å². The van der Waals surface area contributed by atoms with Gasteiger partial charge in [-0.05, 0) is 29.0 Å². The lowest BCUT2D eigenvalue weighted by Gasteiger charge is -2.21. The van der Waals surface area contributed by atoms with Crippen molar-refractivity contribution in [3.05, 3.63) is 69.5 Å². The lowest BCUT2D eigenvalue weighted by Crippen LogP contribution is -2.33. The molecule has 142 valence electrons. The van der Waals surface area contributed by atoms with Crippen molar-refractivity contribution in [3.8, 4) is 0 Å². The van der Waals surface area contributed by atoms with Crippen molar-refractivity contribution in [3.63, 3.8) is 0 Å². The summed E-state index contributed by atoms with van der Waals surface area (Å²) in [5.74, 6) is 0.944. The van der Waals surface area contributed by atoms with Crippen molar-refractivity contribution in [2.24, 2.45) is 5.92 Å². The van der Waals surface area contributed by atoms with E-state index in [0.717, 1.165) is 5.56 Å². The highest BCUT2D eigenvalue weighted by Gasteiger charge is 2.18. The van der Waals surface area contributed by atoms with Gasteiger partial charge in [-0.3, -0.25) is 4.79 Å². The fourth-order valence-electron chi connectivity index (χ4n) is 2.88. The van der Waals surface area contributed by atoms with Crippen molar-refractivity contribution >= 4 is 34.7 Å². The van der Waals surface area contributed by atoms with E-state index in [1.54, 1.807) is 28.3 Å². The number of halogens is 1. The third kappa shape index (κ3) is 5.19. The van der Waals surface area contributed by atoms with Crippen LogP contribution in [0, 0.1) is 5.92 Å². The smallest absolute Gasteiger partial charge is 0.239 e. The SMILES string of the molecule is CC(C)C(NCC(=O)Nc1ccnn1Cc1ccccc1Cl)c1cccs1. The van der Waals surface area contributed by atoms with E-state index >= 15 is 0 Å². The molecule has 3 aromatic rings. The van der Waals surface area contributed by atoms with Crippen LogP contribution in [0.3, 0.4) is 0 Å². The van der Waals surface area contributed by atoms with Gasteiger partial charge in [0.05, 0.1) is 19.3 Å². The largest absolute Gasteiger partial charge is 0.310 e. The van der Waals surface area contributed by atoms with Gasteiger partial charge in [0.1, 0.15) is 5.82 Å². The number of nitrogens with one attached hydrogen (secondary N) is 2. The predicted molar refractivity (Wildman–Crippen MR) is 111 cm³/mol. The van der Waals surface area contributed by atoms with Crippen molar-refractivity contribution in [1.82, 2.24) is 15.1 Å². The van der Waals surface area contributed by atoms with Crippen LogP contribution in [0.4, 0.5) is 5.82 Å². The van der Waals surface area contributed by atoms with Gasteiger partial charge in [0.15, 0.2) is 0 Å². The van der Waals surface area contributed by atoms with E-state index in [2.05, 4.69) is 41.0 Å². The molecule has 1 aromatic carbocycles. The third-order valence-electron chi connectivity index (χ3n) is 4.26. The first-order valence-corrected chi connectivity index (χ1v) is 10.1. The zero-order chi connectivity index (χ0) is 19.2. The van der Waals surface area contributed by atoms with Crippen LogP contribution in [0.1, 0.15) is 30.3 Å². The maximum absolute atomic E-state index is 12.4. The number of amides is 1. The molecule has 5 nitrogen and oxygen atoms in total. The minimum Gasteiger partial charge on any atom is -0.310 e. The molecule has 7 heteroatoms. The van der Waals surface area contributed by atoms with Crippen LogP contribution in [0.2, 0.25) is 5.02 Å². The number of anilines is 1. The van der Waals surface area contributed by atoms with E-state index in [-0.39, 0.29) is 18.5 Å². The minimum absolute atomic E-state index is 0.0990. The fourth-order valence-corrected chi connectivity index (χ4v) is 4.04. The van der Waals surface area contributed by atoms with Crippen LogP contribution in [0.5, 0.6) is 0 Å². The zero-order valence-electron chi connectivity index (χ0n) is 15.4. The van der Waals surface area contributed by atoms with Gasteiger partial charge < -0.3 is 10.6 Å². The lowest BCUT2D eigenvalue weighted by atomic mass is 10.0. The van der Waals surface area contributed by atoms with E-state index < -0.39 is 0 Å². The molecule has 27 heavy (non-hydrogen) atoms. The van der Waals surface area contributed by atoms with Crippen molar-refractivity contribution in [1.29, 1.82) is 0 Å². The van der Waals surface area contributed by atoms with E-state index in [1.165, 1.54) is 4.88 Å². The molecule has 0 saturated carbocycles. The number of hydrogen-bond donors (Lipinski definition) is 2. The highest BCUT2D eigenvalue weighted by atomic mass is 35.5. The standard InChI is InChI=1S/C20H23ClN4OS/c1-14(2)20(17-8-5-11-27-17)22-12-19(26)24-18-9-10-23-25(18)13-15-6-3-4-7-16(15)21/h3-11,14,20,22H,12-13H2,1-2H3,(H,24,26). The molecule has 0 spiro atoms. The molecular formula is C20H23ClN4OS. The number of carbonyl (C=O) groups excluding carboxylic acids is 1. The Morgan fingerprint density at radius 2 is 2.04 bits per heavy atom. The van der Waals surface area contributed by atoms with E-state index in [9.17, 15) is 4.79 Å². The average Bonchev–Trinajstić information content (AvgIpc) is 3.30. The van der Waals surface area contributed by atoms with Gasteiger partial charge >= 0.3 is 0 Å². The predicted octanol–water partition coefficient (Wildman–Crippen LogP) is 4.57. The first-order chi connectivity index (χ1) is 13.0. The molecule has 0 bridgehead atoms. The minimum atomic E-state index is -0.0990. The van der Waals surface area contributed by atoms with Crippen LogP contribution >= 0.6 is 22.9 Å². The van der Waals surface area contributed by atoms with Crippen LogP contribution < -0.4 is 10.6 Å². The second-order valence-electron chi connectivity index (χ2n) is 6.63. The van der Waals surface area contributed by atoms with Gasteiger partial charge in [0.25, 0.3) is 0 Å². The van der Waals surface area contributed by atoms with Crippen LogP contribution in [0.25, 0.3) is 0 Å². The number of thiophene rings is 1. The summed E-state index contributed by atoms with van der Waals surface area (Å²) in [6, 6.07) is 13.7. The first kappa shape index (κ1) is 19.6. The summed E-state index contributed by atoms with van der Waals surface area (Å²) in [7, 11) is 0. The number of hydrogen-bond acceptors (Lipinski definition) is 4. The summed E-state index contributed by atoms with van der Waals surface area (Å²) >= 11 is 7.93. The van der Waals surface area contributed by atoms with E-state index in [4.69, 9.17) is 11.6 Å². The van der Waals surface area contributed by atoms with E-state index in [0.29, 0.717) is 23.3 Å². The second kappa shape index (κ2) is 9.17. The molecule has 1 unspecified atom stereocenters. The number of rotatable bonds is 8. The molecule has 0 radical (unpaired) electrons. The molecule has 0 aliphatic carbocycles. The average molecular weight is 403 g/mol. The third-order valence-corrected chi connectivity index (χ3v) is 5.59. The van der Waals surface area contributed by atoms with Crippen LogP contribution in [0.15, 0.2) is 54.0 Å². The fraction of sp³-hybridized carbons (Fsp3) is 0.300. The summed E-state index contributed by atoms with van der Waals surface area (Å²) in [6.07, 6.45) is 1.67. The Bertz CT molecular complexity index is 876. The molecular weight excluding hydrogens is 380 g/mol. The topological polar surface area (TPSA) is 59.0 Å². The summed E-state index contributed by atoms with van der Waals surface area (Å²) in [4.78, 5) is 13.7. The van der Waals surface area contributed by atoms with Gasteiger partial charge in [-0.2, -0.15) is 5.10 Å². The number of benzene rings is 1. The Hall–Kier alpha value is -2.15. The molecule has 1 atom stereocenters. The Labute approximate surface area is 168 Å². The van der Waals surface area contributed by atoms with Gasteiger partial charge in [-0.25, -0.2) is 4.68 Å². The van der Waals surface area contributed by atoms with Crippen molar-refractivity contribution in [2.75, 3.05) is 11.9 Å². The van der Waals surface area contributed by atoms with Gasteiger partial charge in [0, 0.05) is 22.0 Å². The van der Waals surface area contributed by atoms with Crippen molar-refractivity contribution in [2.45, 2.75) is 26.4 Å². The zero-order valence-corrected chi connectivity index (χ0v) is 16.9. The maximum atomic E-state index is 12.4. The Kier molecular flexibility index (Phi) is 6.66. The highest BCUT2D eigenvalue weighted by Crippen LogP contribution is 2.25. The summed E-state index contributed by atoms with van der Waals surface area (Å²) < 4.78 is 1.73. The molecule has 2 aromatic heterocycles. The Morgan fingerprint density at radius 3 is 2.74 bits per heavy atom. The number of carbonyl (C=O) groups is 1. The molecule has 0 saturated heterocycles. The normalized spacial score (nSPS) is 12.3. The lowest BCUT2D eigenvalue weighted by molar-refractivity contribution is -0.115. The van der Waals surface area contributed by atoms with E-state index in [1.807, 2.05) is 30.3 Å². The van der Waals surface area contributed by atoms with Crippen molar-refractivity contribution < 1.29 is 4.79 Å². The Balaban J connectivity index is 1.60. The van der Waals surface area contributed by atoms with Crippen LogP contribution in [-0.4, -0.2) is 22.2 Å². The quantitative estimate of drug-likeness (QED) is 0.580. The maximum Gasteiger partial charge on any atom is 0.239 e. The Morgan fingerprint density at radius 1 is 1.22 bits per heavy atom. The summed E-state index contributed by atoms with van der Waals surface area (Å²) in [5, 5.41) is 13.3. The molecule has 2 N–H and O–H groups in total. The van der Waals surface area contributed by atoms with Crippen LogP contribution in [-0.2, 0) is 11.3 Å². The molecule has 1 amide bonds. The molecule has 3 rings (SSSR count). The van der Waals surface area contributed by atoms with Gasteiger partial charge in [0.2, 0.25) is 5.91 Å². The highest BCUT2D eigenvalue weighted by molar-refractivity contribution is 7.10. The summed E-state index contributed by atoms with van der Waals surface area (Å²) in [6.45, 7) is 5.03. The molecule has 0 aliphatic heterocycles. The number of aromatic nitrogens is 2. The summed E-state index contributed by atoms with van der Waals surface area (Å²) in [5.41, 5.74) is 0.953. The number of nitrogens with zero attached hydrogens (tertiary/aromatic N) is 2. The molecule has 0 aliphatic rings. The first-order valence-electron chi connectivity index (χ1n) is 8.86. The molecule has 2 heterocycles. The molecule has 0 fully saturated rings. The monoisotopic (exact) mass is 402 g/mol.